The van der Waals surface area contributed by atoms with Crippen molar-refractivity contribution in [3.8, 4) is 0 Å². The van der Waals surface area contributed by atoms with E-state index in [2.05, 4.69) is 5.32 Å². The van der Waals surface area contributed by atoms with Gasteiger partial charge in [0.25, 0.3) is 0 Å². The van der Waals surface area contributed by atoms with Crippen LogP contribution in [0.4, 0.5) is 10.5 Å². The molecule has 3 amide bonds. The van der Waals surface area contributed by atoms with Crippen molar-refractivity contribution in [1.29, 1.82) is 0 Å². The number of carbonyl (C=O) groups is 3. The molecule has 0 bridgehead atoms. The number of nitrogens with zero attached hydrogens (tertiary/aromatic N) is 1. The summed E-state index contributed by atoms with van der Waals surface area (Å²) in [6.45, 7) is 2.39. The zero-order valence-corrected chi connectivity index (χ0v) is 13.4. The summed E-state index contributed by atoms with van der Waals surface area (Å²) in [4.78, 5) is 34.4. The molecule has 0 heterocycles. The van der Waals surface area contributed by atoms with Crippen LogP contribution in [0.2, 0.25) is 0 Å². The maximum absolute atomic E-state index is 11.4. The highest BCUT2D eigenvalue weighted by molar-refractivity contribution is 5.88. The number of benzene rings is 1. The van der Waals surface area contributed by atoms with E-state index in [1.165, 1.54) is 4.90 Å². The first-order valence-corrected chi connectivity index (χ1v) is 7.37. The fourth-order valence-electron chi connectivity index (χ4n) is 2.43. The van der Waals surface area contributed by atoms with Crippen LogP contribution in [0.1, 0.15) is 24.0 Å². The van der Waals surface area contributed by atoms with E-state index in [1.807, 2.05) is 13.0 Å². The van der Waals surface area contributed by atoms with E-state index in [1.54, 1.807) is 19.2 Å². The Hall–Kier alpha value is -2.57. The van der Waals surface area contributed by atoms with Crippen molar-refractivity contribution in [3.63, 3.8) is 0 Å². The van der Waals surface area contributed by atoms with Crippen molar-refractivity contribution in [3.05, 3.63) is 29.3 Å². The van der Waals surface area contributed by atoms with Gasteiger partial charge in [-0.3, -0.25) is 9.59 Å². The minimum absolute atomic E-state index is 0.356. The predicted molar refractivity (Wildman–Crippen MR) is 87.1 cm³/mol. The lowest BCUT2D eigenvalue weighted by molar-refractivity contribution is -0.142. The van der Waals surface area contributed by atoms with Gasteiger partial charge >= 0.3 is 12.0 Å². The van der Waals surface area contributed by atoms with Gasteiger partial charge in [-0.15, -0.1) is 0 Å². The Morgan fingerprint density at radius 2 is 2.09 bits per heavy atom. The lowest BCUT2D eigenvalue weighted by Gasteiger charge is -2.16. The molecule has 126 valence electrons. The molecule has 7 nitrogen and oxygen atoms in total. The number of carboxylic acids is 1. The van der Waals surface area contributed by atoms with Gasteiger partial charge in [-0.25, -0.2) is 4.79 Å². The van der Waals surface area contributed by atoms with E-state index in [-0.39, 0.29) is 0 Å². The summed E-state index contributed by atoms with van der Waals surface area (Å²) in [7, 11) is 1.66. The van der Waals surface area contributed by atoms with Crippen molar-refractivity contribution in [1.82, 2.24) is 4.90 Å². The van der Waals surface area contributed by atoms with Gasteiger partial charge in [-0.2, -0.15) is 0 Å². The van der Waals surface area contributed by atoms with Crippen LogP contribution >= 0.6 is 0 Å². The van der Waals surface area contributed by atoms with Crippen LogP contribution in [0, 0.1) is 12.8 Å². The average Bonchev–Trinajstić information content (AvgIpc) is 2.44. The monoisotopic (exact) mass is 321 g/mol. The number of nitrogens with two attached hydrogens (primary N) is 1. The first kappa shape index (κ1) is 18.5. The number of hydrogen-bond acceptors (Lipinski definition) is 3. The molecule has 1 aromatic rings. The van der Waals surface area contributed by atoms with Crippen LogP contribution in [0.25, 0.3) is 0 Å². The number of rotatable bonds is 9. The second-order valence-corrected chi connectivity index (χ2v) is 5.66. The van der Waals surface area contributed by atoms with Crippen LogP contribution < -0.4 is 11.1 Å². The van der Waals surface area contributed by atoms with Crippen molar-refractivity contribution in [2.45, 2.75) is 26.2 Å². The maximum atomic E-state index is 11.4. The van der Waals surface area contributed by atoms with Crippen LogP contribution in [0.15, 0.2) is 18.2 Å². The van der Waals surface area contributed by atoms with Gasteiger partial charge in [0.1, 0.15) is 0 Å². The third-order valence-electron chi connectivity index (χ3n) is 3.48. The van der Waals surface area contributed by atoms with E-state index < -0.39 is 17.9 Å². The fourth-order valence-corrected chi connectivity index (χ4v) is 2.43. The number of hydrogen-bond donors (Lipinski definition) is 3. The van der Waals surface area contributed by atoms with Gasteiger partial charge < -0.3 is 21.1 Å². The second-order valence-electron chi connectivity index (χ2n) is 5.66. The lowest BCUT2D eigenvalue weighted by atomic mass is 9.93. The number of primary amides is 1. The minimum atomic E-state index is -0.871. The fraction of sp³-hybridized carbons (Fsp3) is 0.438. The van der Waals surface area contributed by atoms with E-state index >= 15 is 0 Å². The van der Waals surface area contributed by atoms with Gasteiger partial charge in [0.05, 0.1) is 5.92 Å². The number of urea groups is 1. The van der Waals surface area contributed by atoms with Gasteiger partial charge in [0.15, 0.2) is 0 Å². The summed E-state index contributed by atoms with van der Waals surface area (Å²) >= 11 is 0. The summed E-state index contributed by atoms with van der Waals surface area (Å²) in [6, 6.07) is 4.72. The molecule has 0 radical (unpaired) electrons. The van der Waals surface area contributed by atoms with Gasteiger partial charge in [-0.05, 0) is 49.4 Å². The molecule has 0 saturated heterocycles. The smallest absolute Gasteiger partial charge is 0.316 e. The van der Waals surface area contributed by atoms with Gasteiger partial charge in [-0.1, -0.05) is 6.07 Å². The summed E-state index contributed by atoms with van der Waals surface area (Å²) in [5.74, 6) is -1.41. The molecule has 0 aliphatic rings. The third-order valence-corrected chi connectivity index (χ3v) is 3.48. The van der Waals surface area contributed by atoms with E-state index in [0.29, 0.717) is 31.5 Å². The SMILES string of the molecule is Cc1cc(CC(CCCN(C)C=O)C(=O)O)cc(NC(N)=O)c1. The predicted octanol–water partition coefficient (Wildman–Crippen LogP) is 1.60. The Bertz CT molecular complexity index is 574. The molecular weight excluding hydrogens is 298 g/mol. The molecule has 1 atom stereocenters. The summed E-state index contributed by atoms with van der Waals surface area (Å²) in [5.41, 5.74) is 7.39. The zero-order chi connectivity index (χ0) is 17.4. The highest BCUT2D eigenvalue weighted by atomic mass is 16.4. The second kappa shape index (κ2) is 8.77. The maximum Gasteiger partial charge on any atom is 0.316 e. The highest BCUT2D eigenvalue weighted by Gasteiger charge is 2.18. The Labute approximate surface area is 135 Å². The third kappa shape index (κ3) is 6.82. The van der Waals surface area contributed by atoms with Crippen molar-refractivity contribution in [2.75, 3.05) is 18.9 Å². The highest BCUT2D eigenvalue weighted by Crippen LogP contribution is 2.20. The molecule has 0 aliphatic heterocycles. The average molecular weight is 321 g/mol. The van der Waals surface area contributed by atoms with Crippen molar-refractivity contribution < 1.29 is 19.5 Å². The Morgan fingerprint density at radius 3 is 2.65 bits per heavy atom. The Kier molecular flexibility index (Phi) is 7.05. The molecule has 0 spiro atoms. The molecule has 0 aliphatic carbocycles. The van der Waals surface area contributed by atoms with Crippen LogP contribution in [-0.2, 0) is 16.0 Å². The normalized spacial score (nSPS) is 11.6. The van der Waals surface area contributed by atoms with E-state index in [0.717, 1.165) is 17.5 Å². The van der Waals surface area contributed by atoms with Crippen molar-refractivity contribution in [2.24, 2.45) is 11.7 Å². The van der Waals surface area contributed by atoms with Crippen LogP contribution in [0.5, 0.6) is 0 Å². The van der Waals surface area contributed by atoms with Gasteiger partial charge in [0, 0.05) is 19.3 Å². The number of aryl methyl sites for hydroxylation is 1. The molecule has 1 aromatic carbocycles. The number of amides is 3. The number of carbonyl (C=O) groups excluding carboxylic acids is 2. The Morgan fingerprint density at radius 1 is 1.39 bits per heavy atom. The van der Waals surface area contributed by atoms with Crippen molar-refractivity contribution >= 4 is 24.1 Å². The number of carboxylic acid groups (broad SMARTS) is 1. The van der Waals surface area contributed by atoms with Crippen LogP contribution in [-0.4, -0.2) is 42.0 Å². The zero-order valence-electron chi connectivity index (χ0n) is 13.4. The molecule has 1 unspecified atom stereocenters. The molecule has 7 heteroatoms. The topological polar surface area (TPSA) is 113 Å². The minimum Gasteiger partial charge on any atom is -0.481 e. The van der Waals surface area contributed by atoms with E-state index in [4.69, 9.17) is 5.73 Å². The first-order valence-electron chi connectivity index (χ1n) is 7.37. The standard InChI is InChI=1S/C16H23N3O4/c1-11-6-12(9-14(7-11)18-16(17)23)8-13(15(21)22)4-3-5-19(2)10-20/h6-7,9-10,13H,3-5,8H2,1-2H3,(H,21,22)(H3,17,18,23). The Balaban J connectivity index is 2.75. The molecule has 1 rings (SSSR count). The lowest BCUT2D eigenvalue weighted by Crippen LogP contribution is -2.22. The van der Waals surface area contributed by atoms with Gasteiger partial charge in [0.2, 0.25) is 6.41 Å². The number of nitrogens with one attached hydrogen (secondary N) is 1. The first-order chi connectivity index (χ1) is 10.8. The quantitative estimate of drug-likeness (QED) is 0.599. The molecule has 0 aromatic heterocycles. The summed E-state index contributed by atoms with van der Waals surface area (Å²) < 4.78 is 0. The largest absolute Gasteiger partial charge is 0.481 e. The number of anilines is 1. The summed E-state index contributed by atoms with van der Waals surface area (Å²) in [6.07, 6.45) is 2.16. The molecule has 0 saturated carbocycles. The molecule has 0 fully saturated rings. The number of aliphatic carboxylic acids is 1. The van der Waals surface area contributed by atoms with E-state index in [9.17, 15) is 19.5 Å². The van der Waals surface area contributed by atoms with Crippen LogP contribution in [0.3, 0.4) is 0 Å². The summed E-state index contributed by atoms with van der Waals surface area (Å²) in [5, 5.41) is 11.9. The molecule has 23 heavy (non-hydrogen) atoms. The molecule has 4 N–H and O–H groups in total. The molecular formula is C16H23N3O4.